The Hall–Kier alpha value is -2.57. The molecule has 0 aliphatic carbocycles. The van der Waals surface area contributed by atoms with Gasteiger partial charge in [0, 0.05) is 33.6 Å². The quantitative estimate of drug-likeness (QED) is 0.841. The third-order valence-corrected chi connectivity index (χ3v) is 4.02. The second-order valence-electron chi connectivity index (χ2n) is 7.18. The molecule has 1 aromatic heterocycles. The number of hydrogen-bond donors (Lipinski definition) is 1. The molecule has 0 spiro atoms. The van der Waals surface area contributed by atoms with Crippen LogP contribution >= 0.6 is 0 Å². The van der Waals surface area contributed by atoms with Gasteiger partial charge in [0.25, 0.3) is 0 Å². The van der Waals surface area contributed by atoms with E-state index in [1.54, 1.807) is 26.2 Å². The van der Waals surface area contributed by atoms with Crippen LogP contribution in [0.2, 0.25) is 0 Å². The fourth-order valence-corrected chi connectivity index (χ4v) is 2.39. The molecule has 0 aliphatic rings. The number of carbonyl (C=O) groups is 1. The van der Waals surface area contributed by atoms with Crippen LogP contribution in [0.15, 0.2) is 21.7 Å². The van der Waals surface area contributed by atoms with Crippen LogP contribution in [0.25, 0.3) is 11.0 Å². The molecule has 0 bridgehead atoms. The summed E-state index contributed by atoms with van der Waals surface area (Å²) in [5.41, 5.74) is 0.830. The van der Waals surface area contributed by atoms with Gasteiger partial charge >= 0.3 is 11.1 Å². The van der Waals surface area contributed by atoms with Crippen LogP contribution in [0.3, 0.4) is 0 Å². The van der Waals surface area contributed by atoms with Crippen LogP contribution in [0, 0.1) is 5.41 Å². The maximum atomic E-state index is 12.4. The first kappa shape index (κ1) is 17.8. The molecule has 1 amide bonds. The van der Waals surface area contributed by atoms with Crippen molar-refractivity contribution in [1.29, 1.82) is 0 Å². The molecule has 1 heterocycles. The lowest BCUT2D eigenvalue weighted by molar-refractivity contribution is -0.123. The van der Waals surface area contributed by atoms with Gasteiger partial charge in [-0.2, -0.15) is 0 Å². The first-order valence-corrected chi connectivity index (χ1v) is 7.67. The predicted molar refractivity (Wildman–Crippen MR) is 96.8 cm³/mol. The fraction of sp³-hybridized carbons (Fsp3) is 0.471. The van der Waals surface area contributed by atoms with E-state index in [9.17, 15) is 14.4 Å². The third-order valence-electron chi connectivity index (χ3n) is 4.02. The average Bonchev–Trinajstić information content (AvgIpc) is 2.49. The van der Waals surface area contributed by atoms with Crippen LogP contribution in [-0.2, 0) is 18.9 Å². The van der Waals surface area contributed by atoms with E-state index >= 15 is 0 Å². The summed E-state index contributed by atoms with van der Waals surface area (Å²) in [5.74, 6) is -0.125. The van der Waals surface area contributed by atoms with Crippen LogP contribution < -0.4 is 21.3 Å². The normalized spacial score (nSPS) is 11.6. The maximum Gasteiger partial charge on any atom is 0.316 e. The average molecular weight is 332 g/mol. The highest BCUT2D eigenvalue weighted by molar-refractivity contribution is 6.00. The number of anilines is 2. The molecule has 7 heteroatoms. The van der Waals surface area contributed by atoms with E-state index in [-0.39, 0.29) is 5.91 Å². The lowest BCUT2D eigenvalue weighted by Crippen LogP contribution is -2.39. The van der Waals surface area contributed by atoms with Crippen molar-refractivity contribution in [1.82, 2.24) is 9.13 Å². The predicted octanol–water partition coefficient (Wildman–Crippen LogP) is 1.29. The number of aromatic nitrogens is 2. The summed E-state index contributed by atoms with van der Waals surface area (Å²) in [6, 6.07) is 3.53. The van der Waals surface area contributed by atoms with Gasteiger partial charge in [0.2, 0.25) is 5.91 Å². The number of rotatable bonds is 2. The van der Waals surface area contributed by atoms with Crippen molar-refractivity contribution < 1.29 is 4.79 Å². The molecule has 24 heavy (non-hydrogen) atoms. The maximum absolute atomic E-state index is 12.4. The van der Waals surface area contributed by atoms with E-state index in [0.717, 1.165) is 5.69 Å². The van der Waals surface area contributed by atoms with Crippen LogP contribution in [0.5, 0.6) is 0 Å². The summed E-state index contributed by atoms with van der Waals surface area (Å²) in [6.45, 7) is 5.49. The number of fused-ring (bicyclic) bond motifs is 1. The molecular formula is C17H24N4O3. The highest BCUT2D eigenvalue weighted by atomic mass is 16.2. The van der Waals surface area contributed by atoms with Gasteiger partial charge in [0.15, 0.2) is 0 Å². The largest absolute Gasteiger partial charge is 0.376 e. The van der Waals surface area contributed by atoms with Crippen molar-refractivity contribution in [3.63, 3.8) is 0 Å². The molecule has 130 valence electrons. The van der Waals surface area contributed by atoms with Gasteiger partial charge in [-0.1, -0.05) is 20.8 Å². The minimum atomic E-state index is -0.601. The zero-order chi connectivity index (χ0) is 18.4. The molecule has 2 aromatic rings. The molecule has 1 N–H and O–H groups in total. The van der Waals surface area contributed by atoms with E-state index in [0.29, 0.717) is 16.7 Å². The Labute approximate surface area is 140 Å². The van der Waals surface area contributed by atoms with E-state index in [4.69, 9.17) is 0 Å². The van der Waals surface area contributed by atoms with Crippen molar-refractivity contribution in [2.45, 2.75) is 20.8 Å². The molecule has 0 saturated carbocycles. The zero-order valence-corrected chi connectivity index (χ0v) is 15.2. The molecule has 0 fully saturated rings. The summed E-state index contributed by atoms with van der Waals surface area (Å²) in [4.78, 5) is 38.3. The third kappa shape index (κ3) is 2.93. The number of nitrogens with zero attached hydrogens (tertiary/aromatic N) is 3. The summed E-state index contributed by atoms with van der Waals surface area (Å²) in [6.07, 6.45) is 0. The van der Waals surface area contributed by atoms with Gasteiger partial charge in [-0.25, -0.2) is 0 Å². The van der Waals surface area contributed by atoms with Gasteiger partial charge < -0.3 is 19.4 Å². The smallest absolute Gasteiger partial charge is 0.316 e. The molecule has 2 rings (SSSR count). The van der Waals surface area contributed by atoms with Gasteiger partial charge in [-0.3, -0.25) is 14.4 Å². The lowest BCUT2D eigenvalue weighted by Gasteiger charge is -2.23. The molecule has 1 aromatic carbocycles. The lowest BCUT2D eigenvalue weighted by atomic mass is 9.95. The summed E-state index contributed by atoms with van der Waals surface area (Å²) in [7, 11) is 6.83. The SMILES string of the molecule is CN(C)c1cc2c(cc1NC(=O)C(C)(C)C)n(C)c(=O)c(=O)n2C. The second kappa shape index (κ2) is 5.81. The number of amides is 1. The molecule has 7 nitrogen and oxygen atoms in total. The number of carbonyl (C=O) groups excluding carboxylic acids is 1. The van der Waals surface area contributed by atoms with Gasteiger partial charge in [0.05, 0.1) is 22.4 Å². The highest BCUT2D eigenvalue weighted by Gasteiger charge is 2.23. The zero-order valence-electron chi connectivity index (χ0n) is 15.2. The molecule has 0 aliphatic heterocycles. The van der Waals surface area contributed by atoms with E-state index in [2.05, 4.69) is 5.32 Å². The Bertz CT molecular complexity index is 930. The fourth-order valence-electron chi connectivity index (χ4n) is 2.39. The topological polar surface area (TPSA) is 76.3 Å². The molecule has 0 saturated heterocycles. The Morgan fingerprint density at radius 1 is 1.00 bits per heavy atom. The van der Waals surface area contributed by atoms with Crippen LogP contribution in [0.4, 0.5) is 11.4 Å². The summed E-state index contributed by atoms with van der Waals surface area (Å²) in [5, 5.41) is 2.92. The second-order valence-corrected chi connectivity index (χ2v) is 7.18. The Balaban J connectivity index is 2.81. The molecular weight excluding hydrogens is 308 g/mol. The number of hydrogen-bond acceptors (Lipinski definition) is 4. The Kier molecular flexibility index (Phi) is 4.31. The number of aryl methyl sites for hydroxylation is 2. The van der Waals surface area contributed by atoms with Crippen molar-refractivity contribution in [3.05, 3.63) is 32.8 Å². The molecule has 0 unspecified atom stereocenters. The first-order chi connectivity index (χ1) is 10.9. The first-order valence-electron chi connectivity index (χ1n) is 7.67. The molecule has 0 radical (unpaired) electrons. The van der Waals surface area contributed by atoms with Crippen molar-refractivity contribution in [3.8, 4) is 0 Å². The Morgan fingerprint density at radius 3 is 1.88 bits per heavy atom. The number of nitrogens with one attached hydrogen (secondary N) is 1. The van der Waals surface area contributed by atoms with Crippen molar-refractivity contribution in [2.24, 2.45) is 19.5 Å². The minimum absolute atomic E-state index is 0.125. The van der Waals surface area contributed by atoms with Crippen LogP contribution in [0.1, 0.15) is 20.8 Å². The minimum Gasteiger partial charge on any atom is -0.376 e. The van der Waals surface area contributed by atoms with E-state index in [1.807, 2.05) is 39.8 Å². The van der Waals surface area contributed by atoms with Crippen LogP contribution in [-0.4, -0.2) is 29.1 Å². The van der Waals surface area contributed by atoms with Gasteiger partial charge in [-0.15, -0.1) is 0 Å². The number of benzene rings is 1. The van der Waals surface area contributed by atoms with Crippen molar-refractivity contribution >= 4 is 28.3 Å². The highest BCUT2D eigenvalue weighted by Crippen LogP contribution is 2.30. The molecule has 0 atom stereocenters. The Morgan fingerprint density at radius 2 is 1.46 bits per heavy atom. The summed E-state index contributed by atoms with van der Waals surface area (Å²) < 4.78 is 2.64. The standard InChI is InChI=1S/C17H24N4O3/c1-17(2,3)16(24)18-10-8-12-13(9-11(10)19(4)5)21(7)15(23)14(22)20(12)6/h8-9H,1-7H3,(H,18,24). The van der Waals surface area contributed by atoms with Gasteiger partial charge in [-0.05, 0) is 12.1 Å². The summed E-state index contributed by atoms with van der Waals surface area (Å²) >= 11 is 0. The van der Waals surface area contributed by atoms with E-state index < -0.39 is 16.5 Å². The monoisotopic (exact) mass is 332 g/mol. The van der Waals surface area contributed by atoms with Gasteiger partial charge in [0.1, 0.15) is 0 Å². The van der Waals surface area contributed by atoms with E-state index in [1.165, 1.54) is 9.13 Å². The van der Waals surface area contributed by atoms with Crippen molar-refractivity contribution in [2.75, 3.05) is 24.3 Å².